The van der Waals surface area contributed by atoms with Gasteiger partial charge in [-0.2, -0.15) is 0 Å². The first-order valence-electron chi connectivity index (χ1n) is 7.62. The minimum Gasteiger partial charge on any atom is -0.360 e. The van der Waals surface area contributed by atoms with Crippen LogP contribution in [0.15, 0.2) is 35.7 Å². The second-order valence-electron chi connectivity index (χ2n) is 5.17. The van der Waals surface area contributed by atoms with Gasteiger partial charge < -0.3 is 10.2 Å². The predicted molar refractivity (Wildman–Crippen MR) is 97.4 cm³/mol. The van der Waals surface area contributed by atoms with Crippen molar-refractivity contribution in [2.45, 2.75) is 25.0 Å². The van der Waals surface area contributed by atoms with E-state index in [2.05, 4.69) is 27.2 Å². The summed E-state index contributed by atoms with van der Waals surface area (Å²) in [7, 11) is 1.96. The van der Waals surface area contributed by atoms with Crippen molar-refractivity contribution in [2.75, 3.05) is 24.2 Å². The summed E-state index contributed by atoms with van der Waals surface area (Å²) in [4.78, 5) is 26.5. The number of halogens is 1. The molecule has 2 heterocycles. The fourth-order valence-electron chi connectivity index (χ4n) is 1.98. The average molecular weight is 366 g/mol. The summed E-state index contributed by atoms with van der Waals surface area (Å²) in [6.45, 7) is 3.45. The van der Waals surface area contributed by atoms with Crippen molar-refractivity contribution in [1.29, 1.82) is 0 Å². The predicted octanol–water partition coefficient (Wildman–Crippen LogP) is 2.78. The molecule has 8 heteroatoms. The van der Waals surface area contributed by atoms with Crippen molar-refractivity contribution >= 4 is 35.1 Å². The summed E-state index contributed by atoms with van der Waals surface area (Å²) < 4.78 is 0. The number of amides is 1. The fraction of sp³-hybridized carbons (Fsp3) is 0.375. The van der Waals surface area contributed by atoms with E-state index in [1.54, 1.807) is 18.5 Å². The molecular formula is C16H20ClN5OS. The summed E-state index contributed by atoms with van der Waals surface area (Å²) in [6, 6.07) is 5.46. The van der Waals surface area contributed by atoms with Crippen LogP contribution in [0.1, 0.15) is 18.9 Å². The van der Waals surface area contributed by atoms with Crippen molar-refractivity contribution in [3.05, 3.63) is 41.3 Å². The van der Waals surface area contributed by atoms with Crippen LogP contribution in [0.4, 0.5) is 5.82 Å². The zero-order valence-corrected chi connectivity index (χ0v) is 15.3. The van der Waals surface area contributed by atoms with Gasteiger partial charge in [0.25, 0.3) is 0 Å². The summed E-state index contributed by atoms with van der Waals surface area (Å²) >= 11 is 7.32. The molecule has 24 heavy (non-hydrogen) atoms. The van der Waals surface area contributed by atoms with Gasteiger partial charge in [0.05, 0.1) is 5.75 Å². The van der Waals surface area contributed by atoms with Crippen LogP contribution < -0.4 is 10.2 Å². The number of aromatic nitrogens is 3. The standard InChI is InChI=1S/C16H20ClN5OS/c1-3-8-22(2)14-9-13(17)20-16(21-14)24-11-15(23)19-10-12-4-6-18-7-5-12/h4-7,9H,3,8,10-11H2,1-2H3,(H,19,23). The molecule has 0 saturated carbocycles. The number of pyridine rings is 1. The maximum atomic E-state index is 11.9. The molecule has 0 fully saturated rings. The molecular weight excluding hydrogens is 346 g/mol. The molecule has 0 aliphatic rings. The van der Waals surface area contributed by atoms with E-state index < -0.39 is 0 Å². The van der Waals surface area contributed by atoms with Crippen molar-refractivity contribution in [3.8, 4) is 0 Å². The Morgan fingerprint density at radius 1 is 1.33 bits per heavy atom. The number of anilines is 1. The van der Waals surface area contributed by atoms with E-state index >= 15 is 0 Å². The first-order valence-corrected chi connectivity index (χ1v) is 8.99. The minimum absolute atomic E-state index is 0.0798. The zero-order valence-electron chi connectivity index (χ0n) is 13.7. The third-order valence-electron chi connectivity index (χ3n) is 3.18. The van der Waals surface area contributed by atoms with E-state index in [0.717, 1.165) is 24.3 Å². The van der Waals surface area contributed by atoms with Gasteiger partial charge in [-0.25, -0.2) is 9.97 Å². The smallest absolute Gasteiger partial charge is 0.230 e. The molecule has 0 unspecified atom stereocenters. The molecule has 0 spiro atoms. The quantitative estimate of drug-likeness (QED) is 0.440. The number of nitrogens with one attached hydrogen (secondary N) is 1. The summed E-state index contributed by atoms with van der Waals surface area (Å²) in [5, 5.41) is 3.73. The Balaban J connectivity index is 1.88. The van der Waals surface area contributed by atoms with Gasteiger partial charge in [-0.3, -0.25) is 9.78 Å². The Morgan fingerprint density at radius 2 is 2.08 bits per heavy atom. The van der Waals surface area contributed by atoms with E-state index in [1.165, 1.54) is 11.8 Å². The van der Waals surface area contributed by atoms with Gasteiger partial charge in [-0.1, -0.05) is 30.3 Å². The van der Waals surface area contributed by atoms with Gasteiger partial charge in [0.1, 0.15) is 11.0 Å². The van der Waals surface area contributed by atoms with Crippen LogP contribution in [0.25, 0.3) is 0 Å². The van der Waals surface area contributed by atoms with Crippen molar-refractivity contribution in [3.63, 3.8) is 0 Å². The molecule has 1 N–H and O–H groups in total. The molecule has 0 saturated heterocycles. The van der Waals surface area contributed by atoms with Crippen LogP contribution in [-0.2, 0) is 11.3 Å². The zero-order chi connectivity index (χ0) is 17.4. The van der Waals surface area contributed by atoms with Crippen molar-refractivity contribution < 1.29 is 4.79 Å². The second kappa shape index (κ2) is 9.44. The molecule has 0 aromatic carbocycles. The van der Waals surface area contributed by atoms with Crippen molar-refractivity contribution in [2.24, 2.45) is 0 Å². The molecule has 0 bridgehead atoms. The molecule has 2 rings (SSSR count). The Hall–Kier alpha value is -1.86. The Morgan fingerprint density at radius 3 is 2.79 bits per heavy atom. The maximum absolute atomic E-state index is 11.9. The largest absolute Gasteiger partial charge is 0.360 e. The molecule has 0 aliphatic carbocycles. The van der Waals surface area contributed by atoms with Crippen molar-refractivity contribution in [1.82, 2.24) is 20.3 Å². The fourth-order valence-corrected chi connectivity index (χ4v) is 2.89. The van der Waals surface area contributed by atoms with Gasteiger partial charge in [-0.05, 0) is 24.1 Å². The molecule has 128 valence electrons. The molecule has 1 amide bonds. The molecule has 0 aliphatic heterocycles. The molecule has 2 aromatic heterocycles. The average Bonchev–Trinajstić information content (AvgIpc) is 2.59. The van der Waals surface area contributed by atoms with Crippen LogP contribution in [0.2, 0.25) is 5.15 Å². The topological polar surface area (TPSA) is 71.0 Å². The van der Waals surface area contributed by atoms with Crippen LogP contribution in [0.3, 0.4) is 0 Å². The van der Waals surface area contributed by atoms with E-state index in [9.17, 15) is 4.79 Å². The third kappa shape index (κ3) is 5.98. The highest BCUT2D eigenvalue weighted by Crippen LogP contribution is 2.21. The molecule has 0 atom stereocenters. The van der Waals surface area contributed by atoms with Gasteiger partial charge >= 0.3 is 0 Å². The summed E-state index contributed by atoms with van der Waals surface area (Å²) in [5.41, 5.74) is 1.01. The first kappa shape index (κ1) is 18.5. The van der Waals surface area contributed by atoms with Gasteiger partial charge in [0, 0.05) is 38.6 Å². The van der Waals surface area contributed by atoms with E-state index in [0.29, 0.717) is 16.9 Å². The number of carbonyl (C=O) groups excluding carboxylic acids is 1. The Bertz CT molecular complexity index is 671. The third-order valence-corrected chi connectivity index (χ3v) is 4.22. The monoisotopic (exact) mass is 365 g/mol. The SMILES string of the molecule is CCCN(C)c1cc(Cl)nc(SCC(=O)NCc2ccncc2)n1. The lowest BCUT2D eigenvalue weighted by molar-refractivity contribution is -0.118. The van der Waals surface area contributed by atoms with Gasteiger partial charge in [0.15, 0.2) is 5.16 Å². The minimum atomic E-state index is -0.0798. The van der Waals surface area contributed by atoms with Crippen LogP contribution in [0, 0.1) is 0 Å². The normalized spacial score (nSPS) is 10.5. The summed E-state index contributed by atoms with van der Waals surface area (Å²) in [6.07, 6.45) is 4.41. The lowest BCUT2D eigenvalue weighted by Crippen LogP contribution is -2.24. The van der Waals surface area contributed by atoms with E-state index in [-0.39, 0.29) is 11.7 Å². The number of thioether (sulfide) groups is 1. The molecule has 0 radical (unpaired) electrons. The molecule has 2 aromatic rings. The lowest BCUT2D eigenvalue weighted by Gasteiger charge is -2.17. The Labute approximate surface area is 151 Å². The van der Waals surface area contributed by atoms with Crippen LogP contribution >= 0.6 is 23.4 Å². The van der Waals surface area contributed by atoms with Gasteiger partial charge in [-0.15, -0.1) is 0 Å². The van der Waals surface area contributed by atoms with E-state index in [1.807, 2.05) is 24.1 Å². The first-order chi connectivity index (χ1) is 11.6. The number of hydrogen-bond acceptors (Lipinski definition) is 6. The Kier molecular flexibility index (Phi) is 7.27. The highest BCUT2D eigenvalue weighted by molar-refractivity contribution is 7.99. The maximum Gasteiger partial charge on any atom is 0.230 e. The lowest BCUT2D eigenvalue weighted by atomic mass is 10.3. The number of carbonyl (C=O) groups is 1. The number of nitrogens with zero attached hydrogens (tertiary/aromatic N) is 4. The van der Waals surface area contributed by atoms with Crippen LogP contribution in [-0.4, -0.2) is 40.2 Å². The highest BCUT2D eigenvalue weighted by atomic mass is 35.5. The highest BCUT2D eigenvalue weighted by Gasteiger charge is 2.10. The van der Waals surface area contributed by atoms with Crippen LogP contribution in [0.5, 0.6) is 0 Å². The number of hydrogen-bond donors (Lipinski definition) is 1. The molecule has 6 nitrogen and oxygen atoms in total. The van der Waals surface area contributed by atoms with E-state index in [4.69, 9.17) is 11.6 Å². The van der Waals surface area contributed by atoms with Gasteiger partial charge in [0.2, 0.25) is 5.91 Å². The summed E-state index contributed by atoms with van der Waals surface area (Å²) in [5.74, 6) is 0.919. The number of rotatable bonds is 8. The second-order valence-corrected chi connectivity index (χ2v) is 6.50.